The molecule has 1 aliphatic rings. The summed E-state index contributed by atoms with van der Waals surface area (Å²) in [6.07, 6.45) is 3.48. The highest BCUT2D eigenvalue weighted by atomic mass is 32.2. The van der Waals surface area contributed by atoms with Gasteiger partial charge in [0, 0.05) is 23.7 Å². The Morgan fingerprint density at radius 2 is 1.93 bits per heavy atom. The smallest absolute Gasteiger partial charge is 0.241 e. The van der Waals surface area contributed by atoms with Gasteiger partial charge in [0.25, 0.3) is 0 Å². The van der Waals surface area contributed by atoms with E-state index in [0.29, 0.717) is 23.4 Å². The predicted octanol–water partition coefficient (Wildman–Crippen LogP) is 2.17. The summed E-state index contributed by atoms with van der Waals surface area (Å²) in [6.45, 7) is 1.36. The van der Waals surface area contributed by atoms with Crippen LogP contribution in [0, 0.1) is 5.82 Å². The van der Waals surface area contributed by atoms with E-state index in [-0.39, 0.29) is 22.3 Å². The van der Waals surface area contributed by atoms with Crippen LogP contribution in [-0.4, -0.2) is 37.5 Å². The van der Waals surface area contributed by atoms with E-state index in [0.717, 1.165) is 13.0 Å². The van der Waals surface area contributed by atoms with Crippen LogP contribution in [0.5, 0.6) is 0 Å². The average Bonchev–Trinajstić information content (AvgIpc) is 3.21. The molecule has 0 radical (unpaired) electrons. The minimum atomic E-state index is -3.75. The fourth-order valence-electron chi connectivity index (χ4n) is 3.35. The Balaban J connectivity index is 1.70. The van der Waals surface area contributed by atoms with Gasteiger partial charge in [-0.25, -0.2) is 22.5 Å². The summed E-state index contributed by atoms with van der Waals surface area (Å²) in [5.41, 5.74) is 7.02. The number of sulfonamides is 1. The van der Waals surface area contributed by atoms with Crippen LogP contribution in [0.25, 0.3) is 22.4 Å². The Kier molecular flexibility index (Phi) is 5.27. The number of nitrogens with zero attached hydrogens (tertiary/aromatic N) is 2. The molecule has 29 heavy (non-hydrogen) atoms. The van der Waals surface area contributed by atoms with E-state index in [2.05, 4.69) is 20.0 Å². The molecular formula is C20H20FN5O2S. The maximum absolute atomic E-state index is 14.8. The highest BCUT2D eigenvalue weighted by Crippen LogP contribution is 2.31. The minimum absolute atomic E-state index is 0.117. The van der Waals surface area contributed by atoms with Gasteiger partial charge in [0.05, 0.1) is 23.0 Å². The Labute approximate surface area is 168 Å². The van der Waals surface area contributed by atoms with Crippen molar-refractivity contribution in [2.24, 2.45) is 0 Å². The van der Waals surface area contributed by atoms with Crippen molar-refractivity contribution < 1.29 is 12.8 Å². The number of halogens is 1. The van der Waals surface area contributed by atoms with Crippen LogP contribution in [0.3, 0.4) is 0 Å². The second kappa shape index (κ2) is 7.86. The lowest BCUT2D eigenvalue weighted by atomic mass is 10.0. The molecular weight excluding hydrogens is 393 g/mol. The van der Waals surface area contributed by atoms with Crippen LogP contribution in [0.2, 0.25) is 0 Å². The van der Waals surface area contributed by atoms with Crippen LogP contribution < -0.4 is 15.8 Å². The van der Waals surface area contributed by atoms with E-state index in [4.69, 9.17) is 5.73 Å². The molecule has 1 aromatic heterocycles. The molecule has 1 saturated heterocycles. The third-order valence-electron chi connectivity index (χ3n) is 4.79. The van der Waals surface area contributed by atoms with Crippen molar-refractivity contribution in [3.8, 4) is 22.4 Å². The quantitative estimate of drug-likeness (QED) is 0.591. The van der Waals surface area contributed by atoms with Crippen LogP contribution in [0.1, 0.15) is 6.42 Å². The Morgan fingerprint density at radius 1 is 1.10 bits per heavy atom. The van der Waals surface area contributed by atoms with Crippen molar-refractivity contribution in [2.75, 3.05) is 18.8 Å². The van der Waals surface area contributed by atoms with Gasteiger partial charge in [0.1, 0.15) is 11.6 Å². The molecule has 7 nitrogen and oxygen atoms in total. The zero-order valence-electron chi connectivity index (χ0n) is 15.5. The topological polar surface area (TPSA) is 110 Å². The highest BCUT2D eigenvalue weighted by Gasteiger charge is 2.25. The lowest BCUT2D eigenvalue weighted by Gasteiger charge is -2.15. The zero-order chi connectivity index (χ0) is 20.4. The summed E-state index contributed by atoms with van der Waals surface area (Å²) >= 11 is 0. The van der Waals surface area contributed by atoms with Gasteiger partial charge < -0.3 is 11.1 Å². The molecule has 9 heteroatoms. The SMILES string of the molecule is Nc1cnc(-c2ccc(-c3ccccc3S(=O)(=O)N[C@@H]3CCNC3)cc2F)cn1. The molecule has 0 unspecified atom stereocenters. The second-order valence-electron chi connectivity index (χ2n) is 6.83. The maximum Gasteiger partial charge on any atom is 0.241 e. The van der Waals surface area contributed by atoms with Crippen LogP contribution in [0.15, 0.2) is 59.8 Å². The number of nitrogen functional groups attached to an aromatic ring is 1. The van der Waals surface area contributed by atoms with E-state index in [1.54, 1.807) is 30.3 Å². The number of rotatable bonds is 5. The van der Waals surface area contributed by atoms with Gasteiger partial charge in [-0.1, -0.05) is 24.3 Å². The molecule has 0 amide bonds. The first-order chi connectivity index (χ1) is 13.9. The normalized spacial score (nSPS) is 16.8. The predicted molar refractivity (Wildman–Crippen MR) is 109 cm³/mol. The van der Waals surface area contributed by atoms with Crippen molar-refractivity contribution >= 4 is 15.8 Å². The first kappa shape index (κ1) is 19.4. The summed E-state index contributed by atoms with van der Waals surface area (Å²) < 4.78 is 43.4. The third-order valence-corrected chi connectivity index (χ3v) is 6.37. The largest absolute Gasteiger partial charge is 0.382 e. The number of hydrogen-bond acceptors (Lipinski definition) is 6. The molecule has 1 aliphatic heterocycles. The Bertz CT molecular complexity index is 1130. The molecule has 2 heterocycles. The molecule has 4 N–H and O–H groups in total. The number of nitrogens with one attached hydrogen (secondary N) is 2. The molecule has 1 fully saturated rings. The van der Waals surface area contributed by atoms with E-state index >= 15 is 0 Å². The number of aromatic nitrogens is 2. The van der Waals surface area contributed by atoms with Crippen molar-refractivity contribution in [2.45, 2.75) is 17.4 Å². The summed E-state index contributed by atoms with van der Waals surface area (Å²) in [5, 5.41) is 3.13. The van der Waals surface area contributed by atoms with Gasteiger partial charge in [-0.3, -0.25) is 4.98 Å². The Hall–Kier alpha value is -2.88. The molecule has 0 spiro atoms. The van der Waals surface area contributed by atoms with Gasteiger partial charge >= 0.3 is 0 Å². The van der Waals surface area contributed by atoms with Gasteiger partial charge in [-0.15, -0.1) is 0 Å². The zero-order valence-corrected chi connectivity index (χ0v) is 16.3. The first-order valence-electron chi connectivity index (χ1n) is 9.14. The summed E-state index contributed by atoms with van der Waals surface area (Å²) in [4.78, 5) is 8.13. The average molecular weight is 413 g/mol. The number of anilines is 1. The van der Waals surface area contributed by atoms with Crippen LogP contribution >= 0.6 is 0 Å². The molecule has 0 bridgehead atoms. The molecule has 0 saturated carbocycles. The van der Waals surface area contributed by atoms with Gasteiger partial charge in [0.2, 0.25) is 10.0 Å². The lowest BCUT2D eigenvalue weighted by Crippen LogP contribution is -2.36. The summed E-state index contributed by atoms with van der Waals surface area (Å²) in [5.74, 6) is -0.281. The first-order valence-corrected chi connectivity index (χ1v) is 10.6. The maximum atomic E-state index is 14.8. The fourth-order valence-corrected chi connectivity index (χ4v) is 4.85. The van der Waals surface area contributed by atoms with Crippen molar-refractivity contribution in [3.05, 3.63) is 60.7 Å². The van der Waals surface area contributed by atoms with E-state index in [1.165, 1.54) is 24.5 Å². The molecule has 150 valence electrons. The van der Waals surface area contributed by atoms with Gasteiger partial charge in [-0.2, -0.15) is 0 Å². The van der Waals surface area contributed by atoms with Crippen LogP contribution in [-0.2, 0) is 10.0 Å². The highest BCUT2D eigenvalue weighted by molar-refractivity contribution is 7.89. The minimum Gasteiger partial charge on any atom is -0.382 e. The molecule has 3 aromatic rings. The van der Waals surface area contributed by atoms with E-state index in [9.17, 15) is 12.8 Å². The fraction of sp³-hybridized carbons (Fsp3) is 0.200. The summed E-state index contributed by atoms with van der Waals surface area (Å²) in [7, 11) is -3.75. The van der Waals surface area contributed by atoms with Crippen LogP contribution in [0.4, 0.5) is 10.2 Å². The molecule has 0 aliphatic carbocycles. The van der Waals surface area contributed by atoms with Crippen molar-refractivity contribution in [3.63, 3.8) is 0 Å². The third kappa shape index (κ3) is 4.12. The molecule has 1 atom stereocenters. The lowest BCUT2D eigenvalue weighted by molar-refractivity contribution is 0.560. The van der Waals surface area contributed by atoms with E-state index in [1.807, 2.05) is 0 Å². The van der Waals surface area contributed by atoms with E-state index < -0.39 is 15.8 Å². The van der Waals surface area contributed by atoms with Crippen molar-refractivity contribution in [1.82, 2.24) is 20.0 Å². The summed E-state index contributed by atoms with van der Waals surface area (Å²) in [6, 6.07) is 10.9. The molecule has 2 aromatic carbocycles. The monoisotopic (exact) mass is 413 g/mol. The Morgan fingerprint density at radius 3 is 2.62 bits per heavy atom. The van der Waals surface area contributed by atoms with Gasteiger partial charge in [0.15, 0.2) is 0 Å². The molecule has 4 rings (SSSR count). The van der Waals surface area contributed by atoms with Crippen molar-refractivity contribution in [1.29, 1.82) is 0 Å². The van der Waals surface area contributed by atoms with Gasteiger partial charge in [-0.05, 0) is 36.7 Å². The number of hydrogen-bond donors (Lipinski definition) is 3. The standard InChI is InChI=1S/C20H20FN5O2S/c21-17-9-13(5-6-16(17)18-11-25-20(22)12-24-18)15-3-1-2-4-19(15)29(27,28)26-14-7-8-23-10-14/h1-6,9,11-12,14,23,26H,7-8,10H2,(H2,22,25)/t14-/m1/s1. The second-order valence-corrected chi connectivity index (χ2v) is 8.51. The number of benzene rings is 2. The number of nitrogens with two attached hydrogens (primary N) is 1.